The lowest BCUT2D eigenvalue weighted by Gasteiger charge is -2.31. The molecular weight excluding hydrogens is 406 g/mol. The summed E-state index contributed by atoms with van der Waals surface area (Å²) in [7, 11) is 0. The molecule has 0 aliphatic carbocycles. The van der Waals surface area contributed by atoms with Crippen molar-refractivity contribution in [3.8, 4) is 0 Å². The van der Waals surface area contributed by atoms with Gasteiger partial charge in [0.1, 0.15) is 0 Å². The van der Waals surface area contributed by atoms with E-state index in [4.69, 9.17) is 9.47 Å². The topological polar surface area (TPSA) is 18.5 Å². The molecule has 84 valence electrons. The predicted octanol–water partition coefficient (Wildman–Crippen LogP) is 3.20. The second kappa shape index (κ2) is 8.52. The minimum atomic E-state index is 0.356. The molecule has 0 aromatic heterocycles. The fraction of sp³-hybridized carbons (Fsp3) is 1.00. The fourth-order valence-electron chi connectivity index (χ4n) is 1.67. The smallest absolute Gasteiger partial charge is 0.0843 e. The first-order chi connectivity index (χ1) is 6.88. The van der Waals surface area contributed by atoms with Gasteiger partial charge < -0.3 is 9.47 Å². The maximum absolute atomic E-state index is 5.86. The maximum atomic E-state index is 5.86. The summed E-state index contributed by atoms with van der Waals surface area (Å²) in [6.07, 6.45) is 5.36. The molecule has 1 heterocycles. The molecule has 0 aromatic carbocycles. The summed E-state index contributed by atoms with van der Waals surface area (Å²) in [6, 6.07) is 0. The summed E-state index contributed by atoms with van der Waals surface area (Å²) in [4.78, 5) is 0. The molecule has 2 atom stereocenters. The van der Waals surface area contributed by atoms with E-state index in [0.29, 0.717) is 12.2 Å². The summed E-state index contributed by atoms with van der Waals surface area (Å²) in [6.45, 7) is 1.82. The molecule has 0 radical (unpaired) electrons. The second-order valence-corrected chi connectivity index (χ2v) is 5.64. The Hall–Kier alpha value is 1.38. The first-order valence-electron chi connectivity index (χ1n) is 5.23. The summed E-state index contributed by atoms with van der Waals surface area (Å²) in [5.41, 5.74) is 0. The summed E-state index contributed by atoms with van der Waals surface area (Å²) in [5, 5.41) is 0. The molecule has 1 saturated heterocycles. The van der Waals surface area contributed by atoms with Crippen molar-refractivity contribution in [2.45, 2.75) is 37.9 Å². The Labute approximate surface area is 114 Å². The number of alkyl halides is 2. The zero-order valence-electron chi connectivity index (χ0n) is 8.38. The van der Waals surface area contributed by atoms with E-state index in [1.54, 1.807) is 0 Å². The first kappa shape index (κ1) is 13.4. The van der Waals surface area contributed by atoms with Crippen LogP contribution < -0.4 is 0 Å². The van der Waals surface area contributed by atoms with Crippen LogP contribution in [-0.2, 0) is 9.47 Å². The number of rotatable bonds is 6. The van der Waals surface area contributed by atoms with Crippen molar-refractivity contribution in [1.29, 1.82) is 0 Å². The highest BCUT2D eigenvalue weighted by molar-refractivity contribution is 14.1. The van der Waals surface area contributed by atoms with Crippen LogP contribution in [0.25, 0.3) is 0 Å². The molecule has 0 aromatic rings. The Morgan fingerprint density at radius 3 is 2.86 bits per heavy atom. The molecule has 1 fully saturated rings. The standard InChI is InChI=1S/C10H18I2O2/c11-5-2-8-14-9-3-1-7-13-10(9)4-6-12/h9-10H,1-8H2/t9-,10+/m0/s1. The second-order valence-electron chi connectivity index (χ2n) is 3.48. The fourth-order valence-corrected chi connectivity index (χ4v) is 2.59. The van der Waals surface area contributed by atoms with Gasteiger partial charge in [-0.25, -0.2) is 0 Å². The lowest BCUT2D eigenvalue weighted by atomic mass is 10.0. The van der Waals surface area contributed by atoms with Gasteiger partial charge in [-0.15, -0.1) is 0 Å². The van der Waals surface area contributed by atoms with Gasteiger partial charge in [-0.05, 0) is 25.7 Å². The molecule has 1 aliphatic heterocycles. The van der Waals surface area contributed by atoms with Crippen molar-refractivity contribution in [3.05, 3.63) is 0 Å². The molecule has 4 heteroatoms. The highest BCUT2D eigenvalue weighted by atomic mass is 127. The average molecular weight is 424 g/mol. The maximum Gasteiger partial charge on any atom is 0.0843 e. The summed E-state index contributed by atoms with van der Waals surface area (Å²) < 4.78 is 13.9. The molecule has 0 amide bonds. The molecule has 2 nitrogen and oxygen atoms in total. The van der Waals surface area contributed by atoms with Crippen LogP contribution in [0.4, 0.5) is 0 Å². The van der Waals surface area contributed by atoms with E-state index in [-0.39, 0.29) is 0 Å². The molecule has 0 N–H and O–H groups in total. The summed E-state index contributed by atoms with van der Waals surface area (Å²) in [5.74, 6) is 0. The minimum absolute atomic E-state index is 0.356. The Kier molecular flexibility index (Phi) is 8.18. The van der Waals surface area contributed by atoms with Crippen molar-refractivity contribution >= 4 is 45.2 Å². The van der Waals surface area contributed by atoms with Crippen LogP contribution in [0.15, 0.2) is 0 Å². The Bertz CT molecular complexity index is 142. The lowest BCUT2D eigenvalue weighted by molar-refractivity contribution is -0.105. The van der Waals surface area contributed by atoms with Crippen molar-refractivity contribution in [3.63, 3.8) is 0 Å². The van der Waals surface area contributed by atoms with E-state index < -0.39 is 0 Å². The highest BCUT2D eigenvalue weighted by Gasteiger charge is 2.25. The van der Waals surface area contributed by atoms with Gasteiger partial charge in [-0.1, -0.05) is 45.2 Å². The molecular formula is C10H18I2O2. The van der Waals surface area contributed by atoms with Gasteiger partial charge in [0.15, 0.2) is 0 Å². The molecule has 0 saturated carbocycles. The van der Waals surface area contributed by atoms with E-state index >= 15 is 0 Å². The van der Waals surface area contributed by atoms with E-state index in [2.05, 4.69) is 45.2 Å². The van der Waals surface area contributed by atoms with E-state index in [1.807, 2.05) is 0 Å². The van der Waals surface area contributed by atoms with Crippen molar-refractivity contribution in [2.24, 2.45) is 0 Å². The van der Waals surface area contributed by atoms with Crippen molar-refractivity contribution in [1.82, 2.24) is 0 Å². The van der Waals surface area contributed by atoms with Crippen LogP contribution in [0.2, 0.25) is 0 Å². The van der Waals surface area contributed by atoms with Gasteiger partial charge >= 0.3 is 0 Å². The van der Waals surface area contributed by atoms with Crippen LogP contribution in [-0.4, -0.2) is 34.3 Å². The SMILES string of the molecule is ICCCO[C@H]1CCCO[C@@H]1CCI. The van der Waals surface area contributed by atoms with Crippen molar-refractivity contribution < 1.29 is 9.47 Å². The van der Waals surface area contributed by atoms with Gasteiger partial charge in [0.25, 0.3) is 0 Å². The van der Waals surface area contributed by atoms with Gasteiger partial charge in [-0.2, -0.15) is 0 Å². The van der Waals surface area contributed by atoms with Crippen LogP contribution in [0.1, 0.15) is 25.7 Å². The van der Waals surface area contributed by atoms with Crippen LogP contribution >= 0.6 is 45.2 Å². The van der Waals surface area contributed by atoms with E-state index in [1.165, 1.54) is 10.8 Å². The lowest BCUT2D eigenvalue weighted by Crippen LogP contribution is -2.36. The highest BCUT2D eigenvalue weighted by Crippen LogP contribution is 2.20. The molecule has 0 bridgehead atoms. The van der Waals surface area contributed by atoms with Gasteiger partial charge in [0, 0.05) is 22.1 Å². The third-order valence-corrected chi connectivity index (χ3v) is 3.77. The van der Waals surface area contributed by atoms with Gasteiger partial charge in [-0.3, -0.25) is 0 Å². The van der Waals surface area contributed by atoms with Gasteiger partial charge in [0.05, 0.1) is 12.2 Å². The quantitative estimate of drug-likeness (QED) is 0.371. The zero-order valence-corrected chi connectivity index (χ0v) is 12.7. The number of hydrogen-bond donors (Lipinski definition) is 0. The average Bonchev–Trinajstić information content (AvgIpc) is 2.21. The Morgan fingerprint density at radius 2 is 2.14 bits per heavy atom. The van der Waals surface area contributed by atoms with Crippen LogP contribution in [0.5, 0.6) is 0 Å². The number of ether oxygens (including phenoxy) is 2. The molecule has 1 rings (SSSR count). The van der Waals surface area contributed by atoms with Crippen molar-refractivity contribution in [2.75, 3.05) is 22.1 Å². The zero-order chi connectivity index (χ0) is 10.2. The Balaban J connectivity index is 2.22. The Morgan fingerprint density at radius 1 is 1.29 bits per heavy atom. The number of hydrogen-bond acceptors (Lipinski definition) is 2. The molecule has 0 spiro atoms. The third-order valence-electron chi connectivity index (χ3n) is 2.38. The molecule has 14 heavy (non-hydrogen) atoms. The number of halogens is 2. The summed E-state index contributed by atoms with van der Waals surface area (Å²) >= 11 is 4.80. The van der Waals surface area contributed by atoms with Crippen LogP contribution in [0.3, 0.4) is 0 Å². The van der Waals surface area contributed by atoms with E-state index in [0.717, 1.165) is 36.9 Å². The first-order valence-corrected chi connectivity index (χ1v) is 8.28. The molecule has 1 aliphatic rings. The predicted molar refractivity (Wildman–Crippen MR) is 75.7 cm³/mol. The van der Waals surface area contributed by atoms with Crippen LogP contribution in [0, 0.1) is 0 Å². The normalized spacial score (nSPS) is 27.9. The third kappa shape index (κ3) is 4.94. The largest absolute Gasteiger partial charge is 0.375 e. The van der Waals surface area contributed by atoms with E-state index in [9.17, 15) is 0 Å². The monoisotopic (exact) mass is 424 g/mol. The van der Waals surface area contributed by atoms with Gasteiger partial charge in [0.2, 0.25) is 0 Å². The minimum Gasteiger partial charge on any atom is -0.375 e. The molecule has 0 unspecified atom stereocenters.